The van der Waals surface area contributed by atoms with Gasteiger partial charge in [0.1, 0.15) is 17.4 Å². The van der Waals surface area contributed by atoms with Gasteiger partial charge in [-0.2, -0.15) is 5.26 Å². The van der Waals surface area contributed by atoms with Crippen LogP contribution in [-0.2, 0) is 5.33 Å². The third-order valence-electron chi connectivity index (χ3n) is 3.04. The molecule has 0 radical (unpaired) electrons. The van der Waals surface area contributed by atoms with Crippen LogP contribution in [0.2, 0.25) is 5.02 Å². The van der Waals surface area contributed by atoms with Gasteiger partial charge in [-0.1, -0.05) is 45.7 Å². The van der Waals surface area contributed by atoms with Crippen LogP contribution < -0.4 is 4.74 Å². The van der Waals surface area contributed by atoms with Crippen molar-refractivity contribution in [3.63, 3.8) is 0 Å². The second-order valence-electron chi connectivity index (χ2n) is 4.36. The smallest absolute Gasteiger partial charge is 0.247 e. The zero-order valence-electron chi connectivity index (χ0n) is 10.8. The summed E-state index contributed by atoms with van der Waals surface area (Å²) in [5, 5.41) is 11.2. The quantitative estimate of drug-likeness (QED) is 0.566. The third-order valence-corrected chi connectivity index (χ3v) is 3.88. The van der Waals surface area contributed by atoms with Crippen molar-refractivity contribution in [2.45, 2.75) is 5.33 Å². The predicted octanol–water partition coefficient (Wildman–Crippen LogP) is 5.65. The number of hydrogen-bond acceptors (Lipinski definition) is 3. The maximum atomic E-state index is 9.22. The zero-order chi connectivity index (χ0) is 14.8. The molecular formula is C16H9BrClNO2. The van der Waals surface area contributed by atoms with E-state index in [2.05, 4.69) is 15.9 Å². The molecule has 0 spiro atoms. The molecule has 21 heavy (non-hydrogen) atoms. The fraction of sp³-hybridized carbons (Fsp3) is 0.0625. The Kier molecular flexibility index (Phi) is 3.87. The van der Waals surface area contributed by atoms with E-state index in [0.717, 1.165) is 10.9 Å². The zero-order valence-corrected chi connectivity index (χ0v) is 13.1. The molecule has 3 nitrogen and oxygen atoms in total. The van der Waals surface area contributed by atoms with E-state index in [9.17, 15) is 5.26 Å². The number of fused-ring (bicyclic) bond motifs is 1. The second-order valence-corrected chi connectivity index (χ2v) is 5.35. The number of alkyl halides is 1. The van der Waals surface area contributed by atoms with Crippen LogP contribution >= 0.6 is 27.5 Å². The number of benzene rings is 2. The number of nitrogens with zero attached hydrogens (tertiary/aromatic N) is 1. The van der Waals surface area contributed by atoms with Crippen molar-refractivity contribution in [3.8, 4) is 17.6 Å². The maximum absolute atomic E-state index is 9.22. The average molecular weight is 363 g/mol. The molecule has 0 atom stereocenters. The van der Waals surface area contributed by atoms with E-state index in [-0.39, 0.29) is 5.76 Å². The van der Waals surface area contributed by atoms with E-state index in [1.54, 1.807) is 18.2 Å². The van der Waals surface area contributed by atoms with Gasteiger partial charge < -0.3 is 9.15 Å². The summed E-state index contributed by atoms with van der Waals surface area (Å²) in [5.74, 6) is 1.16. The monoisotopic (exact) mass is 361 g/mol. The molecule has 5 heteroatoms. The van der Waals surface area contributed by atoms with Gasteiger partial charge in [0.05, 0.1) is 5.39 Å². The Balaban J connectivity index is 2.14. The first-order valence-electron chi connectivity index (χ1n) is 6.17. The summed E-state index contributed by atoms with van der Waals surface area (Å²) in [7, 11) is 0. The number of nitriles is 1. The standard InChI is InChI=1S/C16H9BrClNO2/c17-8-10-5-6-11(18)7-14(10)21-16-12-3-1-2-4-13(12)20-15(16)9-19/h1-7H,8H2. The molecule has 0 bridgehead atoms. The number of furan rings is 1. The Labute approximate surface area is 134 Å². The number of hydrogen-bond donors (Lipinski definition) is 0. The highest BCUT2D eigenvalue weighted by molar-refractivity contribution is 9.08. The van der Waals surface area contributed by atoms with E-state index in [4.69, 9.17) is 20.8 Å². The average Bonchev–Trinajstić information content (AvgIpc) is 2.86. The SMILES string of the molecule is N#Cc1oc2ccccc2c1Oc1cc(Cl)ccc1CBr. The minimum Gasteiger partial charge on any atom is -0.451 e. The molecule has 0 amide bonds. The topological polar surface area (TPSA) is 46.2 Å². The molecule has 3 rings (SSSR count). The van der Waals surface area contributed by atoms with Crippen LogP contribution in [0.15, 0.2) is 46.9 Å². The van der Waals surface area contributed by atoms with Gasteiger partial charge in [-0.3, -0.25) is 0 Å². The predicted molar refractivity (Wildman–Crippen MR) is 85.1 cm³/mol. The van der Waals surface area contributed by atoms with Crippen LogP contribution in [-0.4, -0.2) is 0 Å². The largest absolute Gasteiger partial charge is 0.451 e. The molecule has 2 aromatic carbocycles. The summed E-state index contributed by atoms with van der Waals surface area (Å²) in [6, 6.07) is 14.8. The van der Waals surface area contributed by atoms with Crippen LogP contribution in [0.5, 0.6) is 11.5 Å². The maximum Gasteiger partial charge on any atom is 0.247 e. The van der Waals surface area contributed by atoms with E-state index in [1.165, 1.54) is 0 Å². The van der Waals surface area contributed by atoms with Crippen molar-refractivity contribution in [1.82, 2.24) is 0 Å². The van der Waals surface area contributed by atoms with Gasteiger partial charge in [0.25, 0.3) is 0 Å². The first-order chi connectivity index (χ1) is 10.2. The van der Waals surface area contributed by atoms with Crippen molar-refractivity contribution in [1.29, 1.82) is 5.26 Å². The van der Waals surface area contributed by atoms with Crippen molar-refractivity contribution in [2.24, 2.45) is 0 Å². The molecule has 0 fully saturated rings. The highest BCUT2D eigenvalue weighted by Gasteiger charge is 2.17. The molecule has 0 saturated carbocycles. The summed E-state index contributed by atoms with van der Waals surface area (Å²) in [4.78, 5) is 0. The lowest BCUT2D eigenvalue weighted by Gasteiger charge is -2.09. The summed E-state index contributed by atoms with van der Waals surface area (Å²) >= 11 is 9.43. The molecule has 1 heterocycles. The fourth-order valence-corrected chi connectivity index (χ4v) is 2.67. The lowest BCUT2D eigenvalue weighted by Crippen LogP contribution is -1.90. The Morgan fingerprint density at radius 1 is 1.24 bits per heavy atom. The van der Waals surface area contributed by atoms with Crippen LogP contribution in [0, 0.1) is 11.3 Å². The molecule has 0 aliphatic heterocycles. The molecule has 3 aromatic rings. The lowest BCUT2D eigenvalue weighted by molar-refractivity contribution is 0.464. The summed E-state index contributed by atoms with van der Waals surface area (Å²) < 4.78 is 11.4. The first-order valence-corrected chi connectivity index (χ1v) is 7.66. The molecule has 0 aliphatic carbocycles. The normalized spacial score (nSPS) is 10.5. The van der Waals surface area contributed by atoms with Crippen molar-refractivity contribution in [3.05, 3.63) is 58.8 Å². The van der Waals surface area contributed by atoms with E-state index in [0.29, 0.717) is 27.4 Å². The van der Waals surface area contributed by atoms with Gasteiger partial charge in [0, 0.05) is 15.9 Å². The van der Waals surface area contributed by atoms with Crippen molar-refractivity contribution in [2.75, 3.05) is 0 Å². The summed E-state index contributed by atoms with van der Waals surface area (Å²) in [6.45, 7) is 0. The van der Waals surface area contributed by atoms with Gasteiger partial charge in [0.15, 0.2) is 5.75 Å². The Morgan fingerprint density at radius 2 is 2.05 bits per heavy atom. The Hall–Kier alpha value is -1.96. The van der Waals surface area contributed by atoms with Gasteiger partial charge in [-0.25, -0.2) is 0 Å². The number of para-hydroxylation sites is 1. The molecule has 0 unspecified atom stereocenters. The van der Waals surface area contributed by atoms with Crippen LogP contribution in [0.25, 0.3) is 11.0 Å². The van der Waals surface area contributed by atoms with Gasteiger partial charge in [0.2, 0.25) is 5.76 Å². The molecule has 104 valence electrons. The van der Waals surface area contributed by atoms with Crippen molar-refractivity contribution < 1.29 is 9.15 Å². The van der Waals surface area contributed by atoms with E-state index in [1.807, 2.05) is 30.3 Å². The van der Waals surface area contributed by atoms with Crippen LogP contribution in [0.4, 0.5) is 0 Å². The molecular weight excluding hydrogens is 354 g/mol. The van der Waals surface area contributed by atoms with Gasteiger partial charge >= 0.3 is 0 Å². The Morgan fingerprint density at radius 3 is 2.81 bits per heavy atom. The third kappa shape index (κ3) is 2.63. The first kappa shape index (κ1) is 14.0. The van der Waals surface area contributed by atoms with E-state index >= 15 is 0 Å². The van der Waals surface area contributed by atoms with Crippen molar-refractivity contribution >= 4 is 38.5 Å². The number of halogens is 2. The highest BCUT2D eigenvalue weighted by atomic mass is 79.9. The molecule has 1 aromatic heterocycles. The number of rotatable bonds is 3. The fourth-order valence-electron chi connectivity index (χ4n) is 2.04. The molecule has 0 aliphatic rings. The lowest BCUT2D eigenvalue weighted by atomic mass is 10.2. The van der Waals surface area contributed by atoms with E-state index < -0.39 is 0 Å². The van der Waals surface area contributed by atoms with Crippen LogP contribution in [0.1, 0.15) is 11.3 Å². The second kappa shape index (κ2) is 5.80. The summed E-state index contributed by atoms with van der Waals surface area (Å²) in [5.41, 5.74) is 1.56. The Bertz CT molecular complexity index is 851. The minimum absolute atomic E-state index is 0.150. The summed E-state index contributed by atoms with van der Waals surface area (Å²) in [6.07, 6.45) is 0. The number of ether oxygens (including phenoxy) is 1. The van der Waals surface area contributed by atoms with Gasteiger partial charge in [-0.15, -0.1) is 0 Å². The highest BCUT2D eigenvalue weighted by Crippen LogP contribution is 2.38. The minimum atomic E-state index is 0.150. The molecule has 0 saturated heterocycles. The van der Waals surface area contributed by atoms with Crippen LogP contribution in [0.3, 0.4) is 0 Å². The van der Waals surface area contributed by atoms with Gasteiger partial charge in [-0.05, 0) is 24.3 Å². The molecule has 0 N–H and O–H groups in total.